The van der Waals surface area contributed by atoms with E-state index in [9.17, 15) is 9.59 Å². The molecular weight excluding hydrogens is 356 g/mol. The molecular formula is C22H24N2O4. The molecule has 0 aliphatic carbocycles. The summed E-state index contributed by atoms with van der Waals surface area (Å²) in [5.41, 5.74) is 1.81. The number of carbonyl (C=O) groups excluding carboxylic acids is 2. The Bertz CT molecular complexity index is 868. The number of anilines is 1. The molecule has 1 saturated heterocycles. The molecule has 2 heterocycles. The second-order valence-electron chi connectivity index (χ2n) is 7.11. The van der Waals surface area contributed by atoms with E-state index in [4.69, 9.17) is 9.47 Å². The minimum absolute atomic E-state index is 0.0151. The molecule has 0 radical (unpaired) electrons. The maximum Gasteiger partial charge on any atom is 0.227 e. The van der Waals surface area contributed by atoms with Crippen molar-refractivity contribution in [2.24, 2.45) is 5.92 Å². The van der Waals surface area contributed by atoms with Crippen LogP contribution in [0.2, 0.25) is 0 Å². The molecule has 0 bridgehead atoms. The van der Waals surface area contributed by atoms with Gasteiger partial charge in [-0.3, -0.25) is 9.59 Å². The highest BCUT2D eigenvalue weighted by Gasteiger charge is 2.35. The zero-order valence-corrected chi connectivity index (χ0v) is 15.9. The Hall–Kier alpha value is -3.02. The molecule has 1 N–H and O–H groups in total. The van der Waals surface area contributed by atoms with Crippen LogP contribution in [0.4, 0.5) is 5.69 Å². The second kappa shape index (κ2) is 7.92. The lowest BCUT2D eigenvalue weighted by atomic mass is 10.0. The van der Waals surface area contributed by atoms with Gasteiger partial charge in [0.05, 0.1) is 12.0 Å². The number of nitrogens with zero attached hydrogens (tertiary/aromatic N) is 1. The van der Waals surface area contributed by atoms with E-state index in [1.54, 1.807) is 4.90 Å². The van der Waals surface area contributed by atoms with Gasteiger partial charge in [0.15, 0.2) is 11.5 Å². The summed E-state index contributed by atoms with van der Waals surface area (Å²) in [6.45, 7) is 3.51. The summed E-state index contributed by atoms with van der Waals surface area (Å²) in [5.74, 6) is 0.991. The van der Waals surface area contributed by atoms with Crippen LogP contribution in [0.1, 0.15) is 31.4 Å². The molecule has 2 aliphatic rings. The zero-order chi connectivity index (χ0) is 19.5. The SMILES string of the molecule is CCC(NC(=O)C1CC(=O)N(c2ccccc2)C1)c1ccc2c(c1)OCCO2. The predicted octanol–water partition coefficient (Wildman–Crippen LogP) is 3.08. The van der Waals surface area contributed by atoms with Crippen LogP contribution in [-0.2, 0) is 9.59 Å². The summed E-state index contributed by atoms with van der Waals surface area (Å²) < 4.78 is 11.2. The van der Waals surface area contributed by atoms with Gasteiger partial charge < -0.3 is 19.7 Å². The van der Waals surface area contributed by atoms with Crippen LogP contribution in [0.5, 0.6) is 11.5 Å². The maximum absolute atomic E-state index is 12.9. The number of carbonyl (C=O) groups is 2. The predicted molar refractivity (Wildman–Crippen MR) is 106 cm³/mol. The monoisotopic (exact) mass is 380 g/mol. The van der Waals surface area contributed by atoms with E-state index in [0.717, 1.165) is 23.4 Å². The first-order valence-corrected chi connectivity index (χ1v) is 9.71. The fourth-order valence-corrected chi connectivity index (χ4v) is 3.73. The van der Waals surface area contributed by atoms with Gasteiger partial charge in [-0.25, -0.2) is 0 Å². The van der Waals surface area contributed by atoms with Gasteiger partial charge in [-0.1, -0.05) is 31.2 Å². The highest BCUT2D eigenvalue weighted by molar-refractivity contribution is 6.00. The number of hydrogen-bond donors (Lipinski definition) is 1. The van der Waals surface area contributed by atoms with Crippen LogP contribution in [0, 0.1) is 5.92 Å². The Morgan fingerprint density at radius 2 is 1.89 bits per heavy atom. The van der Waals surface area contributed by atoms with Gasteiger partial charge in [0.2, 0.25) is 11.8 Å². The van der Waals surface area contributed by atoms with Crippen LogP contribution in [0.15, 0.2) is 48.5 Å². The van der Waals surface area contributed by atoms with E-state index in [0.29, 0.717) is 25.5 Å². The van der Waals surface area contributed by atoms with Crippen LogP contribution in [0.25, 0.3) is 0 Å². The van der Waals surface area contributed by atoms with Gasteiger partial charge >= 0.3 is 0 Å². The van der Waals surface area contributed by atoms with Gasteiger partial charge in [0.25, 0.3) is 0 Å². The summed E-state index contributed by atoms with van der Waals surface area (Å²) in [7, 11) is 0. The Kier molecular flexibility index (Phi) is 5.19. The van der Waals surface area contributed by atoms with Crippen LogP contribution < -0.4 is 19.7 Å². The molecule has 6 heteroatoms. The molecule has 6 nitrogen and oxygen atoms in total. The van der Waals surface area contributed by atoms with Gasteiger partial charge in [-0.05, 0) is 36.2 Å². The smallest absolute Gasteiger partial charge is 0.227 e. The van der Waals surface area contributed by atoms with Crippen molar-refractivity contribution in [2.75, 3.05) is 24.7 Å². The third-order valence-corrected chi connectivity index (χ3v) is 5.26. The lowest BCUT2D eigenvalue weighted by molar-refractivity contribution is -0.127. The van der Waals surface area contributed by atoms with E-state index >= 15 is 0 Å². The van der Waals surface area contributed by atoms with Crippen molar-refractivity contribution in [3.63, 3.8) is 0 Å². The first kappa shape index (κ1) is 18.3. The Balaban J connectivity index is 1.44. The number of para-hydroxylation sites is 1. The molecule has 2 atom stereocenters. The van der Waals surface area contributed by atoms with Crippen LogP contribution in [0.3, 0.4) is 0 Å². The lowest BCUT2D eigenvalue weighted by Gasteiger charge is -2.23. The molecule has 4 rings (SSSR count). The number of amides is 2. The first-order valence-electron chi connectivity index (χ1n) is 9.71. The third-order valence-electron chi connectivity index (χ3n) is 5.26. The lowest BCUT2D eigenvalue weighted by Crippen LogP contribution is -2.35. The number of nitrogens with one attached hydrogen (secondary N) is 1. The Morgan fingerprint density at radius 1 is 1.14 bits per heavy atom. The van der Waals surface area contributed by atoms with E-state index in [1.807, 2.05) is 55.5 Å². The average molecular weight is 380 g/mol. The highest BCUT2D eigenvalue weighted by atomic mass is 16.6. The van der Waals surface area contributed by atoms with Crippen molar-refractivity contribution in [3.05, 3.63) is 54.1 Å². The third kappa shape index (κ3) is 3.67. The summed E-state index contributed by atoms with van der Waals surface area (Å²) >= 11 is 0. The van der Waals surface area contributed by atoms with Gasteiger partial charge in [-0.2, -0.15) is 0 Å². The van der Waals surface area contributed by atoms with Crippen LogP contribution >= 0.6 is 0 Å². The van der Waals surface area contributed by atoms with Crippen molar-refractivity contribution >= 4 is 17.5 Å². The molecule has 0 aromatic heterocycles. The molecule has 2 aromatic rings. The van der Waals surface area contributed by atoms with Gasteiger partial charge in [0, 0.05) is 18.7 Å². The Morgan fingerprint density at radius 3 is 2.64 bits per heavy atom. The average Bonchev–Trinajstić information content (AvgIpc) is 3.14. The zero-order valence-electron chi connectivity index (χ0n) is 15.9. The molecule has 1 fully saturated rings. The Labute approximate surface area is 164 Å². The maximum atomic E-state index is 12.9. The number of hydrogen-bond acceptors (Lipinski definition) is 4. The summed E-state index contributed by atoms with van der Waals surface area (Å²) in [4.78, 5) is 26.9. The largest absolute Gasteiger partial charge is 0.486 e. The minimum Gasteiger partial charge on any atom is -0.486 e. The molecule has 0 spiro atoms. The summed E-state index contributed by atoms with van der Waals surface area (Å²) in [6.07, 6.45) is 0.979. The van der Waals surface area contributed by atoms with Crippen molar-refractivity contribution < 1.29 is 19.1 Å². The standard InChI is InChI=1S/C22H24N2O4/c1-2-18(15-8-9-19-20(12-15)28-11-10-27-19)23-22(26)16-13-21(25)24(14-16)17-6-4-3-5-7-17/h3-9,12,16,18H,2,10-11,13-14H2,1H3,(H,23,26). The number of benzene rings is 2. The number of ether oxygens (including phenoxy) is 2. The van der Waals surface area contributed by atoms with Gasteiger partial charge in [-0.15, -0.1) is 0 Å². The normalized spacial score (nSPS) is 19.4. The van der Waals surface area contributed by atoms with Crippen molar-refractivity contribution in [1.29, 1.82) is 0 Å². The van der Waals surface area contributed by atoms with E-state index < -0.39 is 0 Å². The first-order chi connectivity index (χ1) is 13.7. The molecule has 28 heavy (non-hydrogen) atoms. The summed E-state index contributed by atoms with van der Waals surface area (Å²) in [5, 5.41) is 3.11. The van der Waals surface area contributed by atoms with Crippen molar-refractivity contribution in [2.45, 2.75) is 25.8 Å². The van der Waals surface area contributed by atoms with Crippen LogP contribution in [-0.4, -0.2) is 31.6 Å². The minimum atomic E-state index is -0.348. The van der Waals surface area contributed by atoms with Crippen molar-refractivity contribution in [1.82, 2.24) is 5.32 Å². The fourth-order valence-electron chi connectivity index (χ4n) is 3.73. The summed E-state index contributed by atoms with van der Waals surface area (Å²) in [6, 6.07) is 15.1. The van der Waals surface area contributed by atoms with E-state index in [-0.39, 0.29) is 30.2 Å². The molecule has 2 unspecified atom stereocenters. The highest BCUT2D eigenvalue weighted by Crippen LogP contribution is 2.33. The van der Waals surface area contributed by atoms with E-state index in [1.165, 1.54) is 0 Å². The fraction of sp³-hybridized carbons (Fsp3) is 0.364. The molecule has 2 amide bonds. The van der Waals surface area contributed by atoms with Crippen molar-refractivity contribution in [3.8, 4) is 11.5 Å². The second-order valence-corrected chi connectivity index (χ2v) is 7.11. The topological polar surface area (TPSA) is 67.9 Å². The quantitative estimate of drug-likeness (QED) is 0.866. The van der Waals surface area contributed by atoms with E-state index in [2.05, 4.69) is 5.32 Å². The molecule has 2 aliphatic heterocycles. The number of fused-ring (bicyclic) bond motifs is 1. The van der Waals surface area contributed by atoms with Gasteiger partial charge in [0.1, 0.15) is 13.2 Å². The molecule has 2 aromatic carbocycles. The molecule has 0 saturated carbocycles. The number of rotatable bonds is 5. The molecule has 146 valence electrons.